The molecule has 0 aliphatic carbocycles. The van der Waals surface area contributed by atoms with E-state index in [2.05, 4.69) is 0 Å². The van der Waals surface area contributed by atoms with Gasteiger partial charge in [0.25, 0.3) is 0 Å². The van der Waals surface area contributed by atoms with Crippen molar-refractivity contribution in [3.8, 4) is 0 Å². The van der Waals surface area contributed by atoms with Crippen LogP contribution < -0.4 is 0 Å². The van der Waals surface area contributed by atoms with Gasteiger partial charge in [-0.05, 0) is 27.7 Å². The van der Waals surface area contributed by atoms with Gasteiger partial charge >= 0.3 is 0 Å². The molecule has 15 heavy (non-hydrogen) atoms. The molecule has 0 fully saturated rings. The van der Waals surface area contributed by atoms with Gasteiger partial charge in [0.15, 0.2) is 0 Å². The van der Waals surface area contributed by atoms with Gasteiger partial charge in [-0.3, -0.25) is 19.2 Å². The molecular formula is C10H16O4Pd. The summed E-state index contributed by atoms with van der Waals surface area (Å²) in [5, 5.41) is 0. The Bertz CT molecular complexity index is 196. The summed E-state index contributed by atoms with van der Waals surface area (Å²) in [5.74, 6) is -0.250. The molecule has 90 valence electrons. The zero-order valence-corrected chi connectivity index (χ0v) is 10.9. The Hall–Kier alpha value is -0.658. The third-order valence-electron chi connectivity index (χ3n) is 0.996. The molecule has 0 radical (unpaired) electrons. The molecule has 0 atom stereocenters. The quantitative estimate of drug-likeness (QED) is 0.576. The first-order valence-corrected chi connectivity index (χ1v) is 4.23. The smallest absolute Gasteiger partial charge is 0.137 e. The summed E-state index contributed by atoms with van der Waals surface area (Å²) in [6, 6.07) is 0. The van der Waals surface area contributed by atoms with Crippen molar-refractivity contribution in [3.05, 3.63) is 0 Å². The van der Waals surface area contributed by atoms with Crippen LogP contribution in [-0.4, -0.2) is 23.1 Å². The van der Waals surface area contributed by atoms with Crippen LogP contribution in [0.1, 0.15) is 40.5 Å². The van der Waals surface area contributed by atoms with Crippen LogP contribution in [0.2, 0.25) is 0 Å². The number of hydrogen-bond acceptors (Lipinski definition) is 4. The van der Waals surface area contributed by atoms with Crippen molar-refractivity contribution < 1.29 is 39.6 Å². The van der Waals surface area contributed by atoms with E-state index in [1.54, 1.807) is 0 Å². The number of rotatable bonds is 4. The van der Waals surface area contributed by atoms with Crippen LogP contribution in [0, 0.1) is 0 Å². The normalized spacial score (nSPS) is 7.73. The van der Waals surface area contributed by atoms with E-state index in [1.165, 1.54) is 27.7 Å². The summed E-state index contributed by atoms with van der Waals surface area (Å²) in [4.78, 5) is 40.1. The molecule has 0 spiro atoms. The van der Waals surface area contributed by atoms with Crippen molar-refractivity contribution in [1.29, 1.82) is 0 Å². The fourth-order valence-corrected chi connectivity index (χ4v) is 0.701. The van der Waals surface area contributed by atoms with Crippen LogP contribution in [0.15, 0.2) is 0 Å². The third kappa shape index (κ3) is 31.8. The van der Waals surface area contributed by atoms with E-state index in [9.17, 15) is 19.2 Å². The molecule has 0 aromatic heterocycles. The number of Topliss-reactive ketones (excluding diaryl/α,β-unsaturated/α-hetero) is 4. The largest absolute Gasteiger partial charge is 0.300 e. The maximum absolute atomic E-state index is 10.0. The van der Waals surface area contributed by atoms with Crippen LogP contribution in [0.3, 0.4) is 0 Å². The fourth-order valence-electron chi connectivity index (χ4n) is 0.701. The zero-order valence-electron chi connectivity index (χ0n) is 9.36. The molecule has 0 heterocycles. The van der Waals surface area contributed by atoms with Gasteiger partial charge in [0.2, 0.25) is 0 Å². The van der Waals surface area contributed by atoms with Gasteiger partial charge in [-0.1, -0.05) is 0 Å². The van der Waals surface area contributed by atoms with Crippen LogP contribution >= 0.6 is 0 Å². The zero-order chi connectivity index (χ0) is 11.7. The van der Waals surface area contributed by atoms with Crippen molar-refractivity contribution >= 4 is 23.1 Å². The molecular weight excluding hydrogens is 291 g/mol. The molecule has 0 bridgehead atoms. The summed E-state index contributed by atoms with van der Waals surface area (Å²) in [7, 11) is 0. The third-order valence-corrected chi connectivity index (χ3v) is 0.996. The van der Waals surface area contributed by atoms with Crippen molar-refractivity contribution in [2.45, 2.75) is 40.5 Å². The van der Waals surface area contributed by atoms with E-state index in [-0.39, 0.29) is 56.4 Å². The number of carbonyl (C=O) groups is 4. The Labute approximate surface area is 103 Å². The summed E-state index contributed by atoms with van der Waals surface area (Å²) in [6.45, 7) is 5.62. The van der Waals surface area contributed by atoms with Gasteiger partial charge in [-0.25, -0.2) is 0 Å². The summed E-state index contributed by atoms with van der Waals surface area (Å²) in [5.41, 5.74) is 0. The Morgan fingerprint density at radius 1 is 0.600 bits per heavy atom. The number of ketones is 4. The van der Waals surface area contributed by atoms with Gasteiger partial charge in [-0.2, -0.15) is 0 Å². The first-order chi connectivity index (χ1) is 6.25. The Balaban J connectivity index is -0.000000180. The Morgan fingerprint density at radius 3 is 0.733 bits per heavy atom. The summed E-state index contributed by atoms with van der Waals surface area (Å²) >= 11 is 0. The molecule has 0 aromatic carbocycles. The molecule has 0 saturated heterocycles. The van der Waals surface area contributed by atoms with Crippen molar-refractivity contribution in [3.63, 3.8) is 0 Å². The molecule has 4 nitrogen and oxygen atoms in total. The maximum atomic E-state index is 10.0. The van der Waals surface area contributed by atoms with E-state index >= 15 is 0 Å². The predicted molar refractivity (Wildman–Crippen MR) is 52.0 cm³/mol. The SMILES string of the molecule is CC(=O)CC(C)=O.CC(=O)CC(C)=O.[Pd]. The molecule has 0 amide bonds. The molecule has 0 aromatic rings. The predicted octanol–water partition coefficient (Wildman–Crippen LogP) is 1.11. The minimum Gasteiger partial charge on any atom is -0.300 e. The average Bonchev–Trinajstić information content (AvgIpc) is 1.79. The van der Waals surface area contributed by atoms with Gasteiger partial charge in [0, 0.05) is 20.4 Å². The molecule has 0 N–H and O–H groups in total. The topological polar surface area (TPSA) is 68.3 Å². The maximum Gasteiger partial charge on any atom is 0.137 e. The van der Waals surface area contributed by atoms with E-state index < -0.39 is 0 Å². The fraction of sp³-hybridized carbons (Fsp3) is 0.600. The molecule has 0 aliphatic rings. The van der Waals surface area contributed by atoms with E-state index in [1.807, 2.05) is 0 Å². The van der Waals surface area contributed by atoms with Gasteiger partial charge in [0.05, 0.1) is 12.8 Å². The number of hydrogen-bond donors (Lipinski definition) is 0. The molecule has 5 heteroatoms. The molecule has 0 rings (SSSR count). The summed E-state index contributed by atoms with van der Waals surface area (Å²) in [6.07, 6.45) is 0.167. The first-order valence-electron chi connectivity index (χ1n) is 4.23. The number of carbonyl (C=O) groups excluding carboxylic acids is 4. The van der Waals surface area contributed by atoms with Crippen LogP contribution in [0.4, 0.5) is 0 Å². The van der Waals surface area contributed by atoms with Crippen molar-refractivity contribution in [2.24, 2.45) is 0 Å². The minimum absolute atomic E-state index is 0. The Morgan fingerprint density at radius 2 is 0.733 bits per heavy atom. The molecule has 0 saturated carbocycles. The average molecular weight is 307 g/mol. The summed E-state index contributed by atoms with van der Waals surface area (Å²) < 4.78 is 0. The molecule has 0 unspecified atom stereocenters. The van der Waals surface area contributed by atoms with Crippen LogP contribution in [0.5, 0.6) is 0 Å². The second kappa shape index (κ2) is 11.4. The van der Waals surface area contributed by atoms with Crippen molar-refractivity contribution in [2.75, 3.05) is 0 Å². The van der Waals surface area contributed by atoms with Gasteiger partial charge < -0.3 is 0 Å². The van der Waals surface area contributed by atoms with Crippen LogP contribution in [-0.2, 0) is 39.6 Å². The first kappa shape index (κ1) is 19.8. The second-order valence-electron chi connectivity index (χ2n) is 3.16. The van der Waals surface area contributed by atoms with Crippen LogP contribution in [0.25, 0.3) is 0 Å². The van der Waals surface area contributed by atoms with E-state index in [4.69, 9.17) is 0 Å². The van der Waals surface area contributed by atoms with E-state index in [0.717, 1.165) is 0 Å². The standard InChI is InChI=1S/2C5H8O2.Pd/c2*1-4(6)3-5(2)7;/h2*3H2,1-2H3;. The van der Waals surface area contributed by atoms with Crippen molar-refractivity contribution in [1.82, 2.24) is 0 Å². The van der Waals surface area contributed by atoms with Gasteiger partial charge in [-0.15, -0.1) is 0 Å². The minimum atomic E-state index is -0.0625. The Kier molecular flexibility index (Phi) is 15.1. The second-order valence-corrected chi connectivity index (χ2v) is 3.16. The monoisotopic (exact) mass is 306 g/mol. The van der Waals surface area contributed by atoms with E-state index in [0.29, 0.717) is 0 Å². The van der Waals surface area contributed by atoms with Gasteiger partial charge in [0.1, 0.15) is 23.1 Å². The molecule has 0 aliphatic heterocycles.